The Balaban J connectivity index is 1.80. The maximum Gasteiger partial charge on any atom is 0.0497 e. The summed E-state index contributed by atoms with van der Waals surface area (Å²) in [4.78, 5) is 2.60. The lowest BCUT2D eigenvalue weighted by atomic mass is 9.82. The standard InChI is InChI=1S/C16H23NO/c1-16(12-18)9-4-10-17(11-16)15-8-7-13-5-2-3-6-14(13)15/h2-3,5-6,15,18H,4,7-12H2,1H3/t15-,16-/m0/s1. The SMILES string of the molecule is C[C@]1(CO)CCCN([C@H]2CCc3ccccc32)C1. The number of piperidine rings is 1. The van der Waals surface area contributed by atoms with Crippen molar-refractivity contribution in [3.63, 3.8) is 0 Å². The minimum Gasteiger partial charge on any atom is -0.396 e. The summed E-state index contributed by atoms with van der Waals surface area (Å²) in [5.74, 6) is 0. The van der Waals surface area contributed by atoms with Crippen LogP contribution >= 0.6 is 0 Å². The second-order valence-corrected chi connectivity index (χ2v) is 6.30. The third-order valence-corrected chi connectivity index (χ3v) is 4.73. The lowest BCUT2D eigenvalue weighted by molar-refractivity contribution is 0.0245. The number of aliphatic hydroxyl groups is 1. The fraction of sp³-hybridized carbons (Fsp3) is 0.625. The molecular weight excluding hydrogens is 222 g/mol. The Labute approximate surface area is 110 Å². The predicted octanol–water partition coefficient (Wildman–Crippen LogP) is 2.77. The van der Waals surface area contributed by atoms with Gasteiger partial charge in [0, 0.05) is 24.6 Å². The third-order valence-electron chi connectivity index (χ3n) is 4.73. The number of nitrogens with zero attached hydrogens (tertiary/aromatic N) is 1. The van der Waals surface area contributed by atoms with Crippen molar-refractivity contribution in [1.82, 2.24) is 4.90 Å². The van der Waals surface area contributed by atoms with Crippen molar-refractivity contribution in [3.05, 3.63) is 35.4 Å². The van der Waals surface area contributed by atoms with Crippen LogP contribution in [-0.2, 0) is 6.42 Å². The summed E-state index contributed by atoms with van der Waals surface area (Å²) in [6.07, 6.45) is 4.85. The molecule has 1 N–H and O–H groups in total. The first-order chi connectivity index (χ1) is 8.72. The molecule has 2 heteroatoms. The van der Waals surface area contributed by atoms with Crippen LogP contribution in [0.4, 0.5) is 0 Å². The molecule has 1 aliphatic carbocycles. The number of benzene rings is 1. The Bertz CT molecular complexity index is 431. The van der Waals surface area contributed by atoms with E-state index in [1.807, 2.05) is 0 Å². The molecule has 0 bridgehead atoms. The molecule has 18 heavy (non-hydrogen) atoms. The maximum atomic E-state index is 9.58. The molecule has 0 spiro atoms. The maximum absolute atomic E-state index is 9.58. The molecule has 2 aliphatic rings. The van der Waals surface area contributed by atoms with E-state index in [4.69, 9.17) is 0 Å². The molecule has 0 radical (unpaired) electrons. The number of likely N-dealkylation sites (tertiary alicyclic amines) is 1. The molecule has 2 nitrogen and oxygen atoms in total. The van der Waals surface area contributed by atoms with E-state index in [1.54, 1.807) is 0 Å². The molecule has 98 valence electrons. The van der Waals surface area contributed by atoms with Gasteiger partial charge < -0.3 is 5.11 Å². The second kappa shape index (κ2) is 4.67. The molecule has 1 saturated heterocycles. The highest BCUT2D eigenvalue weighted by atomic mass is 16.3. The van der Waals surface area contributed by atoms with E-state index in [-0.39, 0.29) is 5.41 Å². The van der Waals surface area contributed by atoms with Crippen LogP contribution in [0.3, 0.4) is 0 Å². The molecular formula is C16H23NO. The van der Waals surface area contributed by atoms with Crippen molar-refractivity contribution in [2.75, 3.05) is 19.7 Å². The van der Waals surface area contributed by atoms with E-state index in [0.717, 1.165) is 13.0 Å². The average molecular weight is 245 g/mol. The van der Waals surface area contributed by atoms with Crippen LogP contribution < -0.4 is 0 Å². The van der Waals surface area contributed by atoms with E-state index in [0.29, 0.717) is 12.6 Å². The van der Waals surface area contributed by atoms with Crippen molar-refractivity contribution in [2.45, 2.75) is 38.6 Å². The zero-order valence-electron chi connectivity index (χ0n) is 11.2. The minimum absolute atomic E-state index is 0.107. The van der Waals surface area contributed by atoms with Gasteiger partial charge in [-0.05, 0) is 43.4 Å². The molecule has 0 aromatic heterocycles. The van der Waals surface area contributed by atoms with Crippen LogP contribution in [0, 0.1) is 5.41 Å². The van der Waals surface area contributed by atoms with Gasteiger partial charge in [0.25, 0.3) is 0 Å². The zero-order chi connectivity index (χ0) is 12.6. The molecule has 1 aromatic rings. The molecule has 1 aromatic carbocycles. The number of hydrogen-bond donors (Lipinski definition) is 1. The first-order valence-electron chi connectivity index (χ1n) is 7.15. The van der Waals surface area contributed by atoms with Gasteiger partial charge in [-0.25, -0.2) is 0 Å². The summed E-state index contributed by atoms with van der Waals surface area (Å²) in [5.41, 5.74) is 3.16. The fourth-order valence-corrected chi connectivity index (χ4v) is 3.67. The van der Waals surface area contributed by atoms with Crippen LogP contribution in [0.1, 0.15) is 43.4 Å². The Morgan fingerprint density at radius 1 is 1.39 bits per heavy atom. The molecule has 1 heterocycles. The van der Waals surface area contributed by atoms with Gasteiger partial charge in [-0.2, -0.15) is 0 Å². The summed E-state index contributed by atoms with van der Waals surface area (Å²) in [6, 6.07) is 9.46. The molecule has 3 rings (SSSR count). The van der Waals surface area contributed by atoms with E-state index in [1.165, 1.54) is 36.9 Å². The fourth-order valence-electron chi connectivity index (χ4n) is 3.67. The van der Waals surface area contributed by atoms with E-state index in [2.05, 4.69) is 36.1 Å². The van der Waals surface area contributed by atoms with E-state index < -0.39 is 0 Å². The highest BCUT2D eigenvalue weighted by Crippen LogP contribution is 2.40. The van der Waals surface area contributed by atoms with Crippen LogP contribution in [0.5, 0.6) is 0 Å². The first kappa shape index (κ1) is 12.2. The molecule has 2 atom stereocenters. The second-order valence-electron chi connectivity index (χ2n) is 6.30. The normalized spacial score (nSPS) is 32.4. The van der Waals surface area contributed by atoms with E-state index in [9.17, 15) is 5.11 Å². The quantitative estimate of drug-likeness (QED) is 0.866. The first-order valence-corrected chi connectivity index (χ1v) is 7.15. The van der Waals surface area contributed by atoms with Crippen molar-refractivity contribution in [2.24, 2.45) is 5.41 Å². The van der Waals surface area contributed by atoms with Crippen molar-refractivity contribution in [3.8, 4) is 0 Å². The molecule has 0 amide bonds. The lowest BCUT2D eigenvalue weighted by Gasteiger charge is -2.42. The van der Waals surface area contributed by atoms with Gasteiger partial charge in [0.2, 0.25) is 0 Å². The van der Waals surface area contributed by atoms with Gasteiger partial charge in [-0.1, -0.05) is 31.2 Å². The number of aliphatic hydroxyl groups excluding tert-OH is 1. The summed E-state index contributed by atoms with van der Waals surface area (Å²) in [6.45, 7) is 4.77. The minimum atomic E-state index is 0.107. The van der Waals surface area contributed by atoms with Crippen LogP contribution in [-0.4, -0.2) is 29.7 Å². The largest absolute Gasteiger partial charge is 0.396 e. The Morgan fingerprint density at radius 3 is 3.06 bits per heavy atom. The third kappa shape index (κ3) is 2.08. The van der Waals surface area contributed by atoms with Crippen molar-refractivity contribution in [1.29, 1.82) is 0 Å². The Hall–Kier alpha value is -0.860. The summed E-state index contributed by atoms with van der Waals surface area (Å²) >= 11 is 0. The highest BCUT2D eigenvalue weighted by molar-refractivity contribution is 5.34. The predicted molar refractivity (Wildman–Crippen MR) is 73.5 cm³/mol. The molecule has 0 unspecified atom stereocenters. The number of aryl methyl sites for hydroxylation is 1. The van der Waals surface area contributed by atoms with Gasteiger partial charge in [0.15, 0.2) is 0 Å². The summed E-state index contributed by atoms with van der Waals surface area (Å²) in [7, 11) is 0. The number of fused-ring (bicyclic) bond motifs is 1. The zero-order valence-corrected chi connectivity index (χ0v) is 11.2. The van der Waals surface area contributed by atoms with Crippen LogP contribution in [0.25, 0.3) is 0 Å². The van der Waals surface area contributed by atoms with Crippen molar-refractivity contribution < 1.29 is 5.11 Å². The van der Waals surface area contributed by atoms with Crippen molar-refractivity contribution >= 4 is 0 Å². The number of hydrogen-bond acceptors (Lipinski definition) is 2. The Morgan fingerprint density at radius 2 is 2.22 bits per heavy atom. The smallest absolute Gasteiger partial charge is 0.0497 e. The molecule has 1 fully saturated rings. The topological polar surface area (TPSA) is 23.5 Å². The average Bonchev–Trinajstić information content (AvgIpc) is 2.83. The van der Waals surface area contributed by atoms with Crippen LogP contribution in [0.2, 0.25) is 0 Å². The monoisotopic (exact) mass is 245 g/mol. The molecule has 1 aliphatic heterocycles. The van der Waals surface area contributed by atoms with Gasteiger partial charge in [0.1, 0.15) is 0 Å². The van der Waals surface area contributed by atoms with Gasteiger partial charge >= 0.3 is 0 Å². The van der Waals surface area contributed by atoms with Crippen LogP contribution in [0.15, 0.2) is 24.3 Å². The van der Waals surface area contributed by atoms with Gasteiger partial charge in [0.05, 0.1) is 0 Å². The van der Waals surface area contributed by atoms with Gasteiger partial charge in [-0.15, -0.1) is 0 Å². The summed E-state index contributed by atoms with van der Waals surface area (Å²) in [5, 5.41) is 9.58. The molecule has 0 saturated carbocycles. The lowest BCUT2D eigenvalue weighted by Crippen LogP contribution is -2.44. The highest BCUT2D eigenvalue weighted by Gasteiger charge is 2.36. The summed E-state index contributed by atoms with van der Waals surface area (Å²) < 4.78 is 0. The van der Waals surface area contributed by atoms with Gasteiger partial charge in [-0.3, -0.25) is 4.90 Å². The number of rotatable bonds is 2. The van der Waals surface area contributed by atoms with E-state index >= 15 is 0 Å². The Kier molecular flexibility index (Phi) is 3.16.